The molecule has 126 valence electrons. The fourth-order valence-corrected chi connectivity index (χ4v) is 2.01. The van der Waals surface area contributed by atoms with Crippen molar-refractivity contribution in [3.05, 3.63) is 65.2 Å². The Bertz CT molecular complexity index is 751. The summed E-state index contributed by atoms with van der Waals surface area (Å²) >= 11 is 0. The molecule has 24 heavy (non-hydrogen) atoms. The Labute approximate surface area is 136 Å². The molecule has 2 aromatic carbocycles. The average molecular weight is 335 g/mol. The first-order valence-corrected chi connectivity index (χ1v) is 6.97. The molecule has 0 aliphatic carbocycles. The van der Waals surface area contributed by atoms with Gasteiger partial charge in [-0.05, 0) is 36.8 Å². The van der Waals surface area contributed by atoms with Crippen LogP contribution in [-0.4, -0.2) is 17.1 Å². The Kier molecular flexibility index (Phi) is 5.43. The maximum absolute atomic E-state index is 13.1. The van der Waals surface area contributed by atoms with E-state index in [0.717, 1.165) is 12.1 Å². The second-order valence-corrected chi connectivity index (χ2v) is 5.01. The second-order valence-electron chi connectivity index (χ2n) is 5.01. The van der Waals surface area contributed by atoms with Crippen LogP contribution in [0.1, 0.15) is 28.9 Å². The number of hydrogen-bond donors (Lipinski definition) is 4. The number of anilines is 1. The first-order chi connectivity index (χ1) is 11.4. The summed E-state index contributed by atoms with van der Waals surface area (Å²) in [6.07, 6.45) is 0. The molecule has 0 aliphatic rings. The van der Waals surface area contributed by atoms with Crippen molar-refractivity contribution in [2.24, 2.45) is 0 Å². The third kappa shape index (κ3) is 4.26. The summed E-state index contributed by atoms with van der Waals surface area (Å²) in [5.41, 5.74) is 2.62. The molecule has 0 heterocycles. The summed E-state index contributed by atoms with van der Waals surface area (Å²) in [4.78, 5) is 23.1. The molecule has 0 aliphatic heterocycles. The number of halogens is 2. The van der Waals surface area contributed by atoms with Crippen LogP contribution in [-0.2, 0) is 0 Å². The molecule has 0 saturated carbocycles. The van der Waals surface area contributed by atoms with Gasteiger partial charge in [-0.2, -0.15) is 0 Å². The van der Waals surface area contributed by atoms with Gasteiger partial charge in [0.25, 0.3) is 5.91 Å². The zero-order valence-corrected chi connectivity index (χ0v) is 12.6. The fourth-order valence-electron chi connectivity index (χ4n) is 2.01. The van der Waals surface area contributed by atoms with Crippen LogP contribution in [0.3, 0.4) is 0 Å². The molecular formula is C16H15F2N3O3. The molecule has 2 aromatic rings. The third-order valence-corrected chi connectivity index (χ3v) is 3.30. The minimum atomic E-state index is -1.06. The van der Waals surface area contributed by atoms with Gasteiger partial charge in [-0.15, -0.1) is 0 Å². The normalized spacial score (nSPS) is 11.5. The number of urea groups is 1. The lowest BCUT2D eigenvalue weighted by Crippen LogP contribution is -2.31. The van der Waals surface area contributed by atoms with E-state index in [1.54, 1.807) is 19.1 Å². The number of rotatable bonds is 4. The molecule has 1 unspecified atom stereocenters. The highest BCUT2D eigenvalue weighted by atomic mass is 19.2. The van der Waals surface area contributed by atoms with E-state index in [1.807, 2.05) is 0 Å². The molecule has 0 saturated heterocycles. The van der Waals surface area contributed by atoms with Gasteiger partial charge in [-0.3, -0.25) is 10.0 Å². The van der Waals surface area contributed by atoms with Gasteiger partial charge in [0.1, 0.15) is 0 Å². The van der Waals surface area contributed by atoms with E-state index in [0.29, 0.717) is 5.56 Å². The molecular weight excluding hydrogens is 320 g/mol. The van der Waals surface area contributed by atoms with Crippen molar-refractivity contribution in [2.45, 2.75) is 13.0 Å². The molecule has 0 spiro atoms. The summed E-state index contributed by atoms with van der Waals surface area (Å²) in [6.45, 7) is 1.71. The maximum Gasteiger partial charge on any atom is 0.319 e. The minimum Gasteiger partial charge on any atom is -0.331 e. The van der Waals surface area contributed by atoms with E-state index in [4.69, 9.17) is 5.21 Å². The monoisotopic (exact) mass is 335 g/mol. The largest absolute Gasteiger partial charge is 0.331 e. The van der Waals surface area contributed by atoms with Gasteiger partial charge < -0.3 is 10.6 Å². The Balaban J connectivity index is 1.98. The Morgan fingerprint density at radius 1 is 1.04 bits per heavy atom. The molecule has 6 nitrogen and oxygen atoms in total. The van der Waals surface area contributed by atoms with Crippen LogP contribution in [0.15, 0.2) is 42.5 Å². The summed E-state index contributed by atoms with van der Waals surface area (Å²) in [7, 11) is 0. The predicted octanol–water partition coefficient (Wildman–Crippen LogP) is 2.97. The van der Waals surface area contributed by atoms with E-state index in [9.17, 15) is 18.4 Å². The third-order valence-electron chi connectivity index (χ3n) is 3.30. The van der Waals surface area contributed by atoms with Crippen molar-refractivity contribution in [3.63, 3.8) is 0 Å². The van der Waals surface area contributed by atoms with E-state index < -0.39 is 29.6 Å². The number of benzene rings is 2. The van der Waals surface area contributed by atoms with Crippen LogP contribution in [0.5, 0.6) is 0 Å². The van der Waals surface area contributed by atoms with E-state index in [1.165, 1.54) is 23.7 Å². The van der Waals surface area contributed by atoms with Crippen LogP contribution >= 0.6 is 0 Å². The van der Waals surface area contributed by atoms with Crippen LogP contribution < -0.4 is 16.1 Å². The Morgan fingerprint density at radius 3 is 2.29 bits per heavy atom. The first-order valence-electron chi connectivity index (χ1n) is 6.97. The summed E-state index contributed by atoms with van der Waals surface area (Å²) in [5, 5.41) is 13.6. The number of hydrogen-bond acceptors (Lipinski definition) is 3. The van der Waals surface area contributed by atoms with Gasteiger partial charge >= 0.3 is 6.03 Å². The molecule has 0 aromatic heterocycles. The number of amides is 3. The van der Waals surface area contributed by atoms with Crippen molar-refractivity contribution in [1.29, 1.82) is 0 Å². The zero-order valence-electron chi connectivity index (χ0n) is 12.6. The highest BCUT2D eigenvalue weighted by molar-refractivity contribution is 5.93. The molecule has 0 radical (unpaired) electrons. The highest BCUT2D eigenvalue weighted by Crippen LogP contribution is 2.15. The second kappa shape index (κ2) is 7.51. The Morgan fingerprint density at radius 2 is 1.71 bits per heavy atom. The van der Waals surface area contributed by atoms with Crippen LogP contribution in [0.2, 0.25) is 0 Å². The average Bonchev–Trinajstić information content (AvgIpc) is 2.57. The molecule has 0 fully saturated rings. The van der Waals surface area contributed by atoms with Gasteiger partial charge in [0.15, 0.2) is 11.6 Å². The maximum atomic E-state index is 13.1. The van der Waals surface area contributed by atoms with Crippen molar-refractivity contribution in [2.75, 3.05) is 5.32 Å². The summed E-state index contributed by atoms with van der Waals surface area (Å²) in [6, 6.07) is 8.26. The van der Waals surface area contributed by atoms with Gasteiger partial charge in [0.05, 0.1) is 6.04 Å². The van der Waals surface area contributed by atoms with Gasteiger partial charge in [0, 0.05) is 17.3 Å². The standard InChI is InChI=1S/C16H15F2N3O3/c1-9(10-2-4-11(5-3-10)15(22)21-24)19-16(23)20-12-6-7-13(17)14(18)8-12/h2-9,24H,1H3,(H,21,22)(H2,19,20,23). The van der Waals surface area contributed by atoms with Crippen LogP contribution in [0.4, 0.5) is 19.3 Å². The zero-order chi connectivity index (χ0) is 17.7. The number of nitrogens with one attached hydrogen (secondary N) is 3. The topological polar surface area (TPSA) is 90.5 Å². The number of carbonyl (C=O) groups is 2. The van der Waals surface area contributed by atoms with E-state index in [-0.39, 0.29) is 11.3 Å². The molecule has 0 bridgehead atoms. The minimum absolute atomic E-state index is 0.119. The molecule has 2 rings (SSSR count). The van der Waals surface area contributed by atoms with E-state index >= 15 is 0 Å². The van der Waals surface area contributed by atoms with Crippen molar-refractivity contribution >= 4 is 17.6 Å². The first kappa shape index (κ1) is 17.4. The highest BCUT2D eigenvalue weighted by Gasteiger charge is 2.12. The van der Waals surface area contributed by atoms with Gasteiger partial charge in [-0.25, -0.2) is 19.1 Å². The number of hydroxylamine groups is 1. The number of carbonyl (C=O) groups excluding carboxylic acids is 2. The summed E-state index contributed by atoms with van der Waals surface area (Å²) in [5.74, 6) is -2.70. The van der Waals surface area contributed by atoms with Gasteiger partial charge in [-0.1, -0.05) is 12.1 Å². The quantitative estimate of drug-likeness (QED) is 0.511. The smallest absolute Gasteiger partial charge is 0.319 e. The van der Waals surface area contributed by atoms with Crippen molar-refractivity contribution in [3.8, 4) is 0 Å². The van der Waals surface area contributed by atoms with E-state index in [2.05, 4.69) is 10.6 Å². The lowest BCUT2D eigenvalue weighted by Gasteiger charge is -2.15. The lowest BCUT2D eigenvalue weighted by atomic mass is 10.1. The molecule has 1 atom stereocenters. The Hall–Kier alpha value is -3.00. The SMILES string of the molecule is CC(NC(=O)Nc1ccc(F)c(F)c1)c1ccc(C(=O)NO)cc1. The van der Waals surface area contributed by atoms with Crippen LogP contribution in [0.25, 0.3) is 0 Å². The van der Waals surface area contributed by atoms with Crippen LogP contribution in [0, 0.1) is 11.6 Å². The van der Waals surface area contributed by atoms with Gasteiger partial charge in [0.2, 0.25) is 0 Å². The summed E-state index contributed by atoms with van der Waals surface area (Å²) < 4.78 is 25.9. The van der Waals surface area contributed by atoms with Crippen molar-refractivity contribution in [1.82, 2.24) is 10.8 Å². The molecule has 3 amide bonds. The predicted molar refractivity (Wildman–Crippen MR) is 82.6 cm³/mol. The lowest BCUT2D eigenvalue weighted by molar-refractivity contribution is 0.0706. The molecule has 8 heteroatoms. The van der Waals surface area contributed by atoms with Crippen molar-refractivity contribution < 1.29 is 23.6 Å². The fraction of sp³-hybridized carbons (Fsp3) is 0.125. The molecule has 4 N–H and O–H groups in total.